The molecule has 17 heavy (non-hydrogen) atoms. The molecule has 0 saturated carbocycles. The van der Waals surface area contributed by atoms with Crippen LogP contribution in [0.2, 0.25) is 0 Å². The van der Waals surface area contributed by atoms with Crippen LogP contribution in [0, 0.1) is 0 Å². The van der Waals surface area contributed by atoms with Gasteiger partial charge in [0.25, 0.3) is 0 Å². The van der Waals surface area contributed by atoms with E-state index in [2.05, 4.69) is 10.5 Å². The number of carbonyl (C=O) groups is 1. The van der Waals surface area contributed by atoms with E-state index in [1.54, 1.807) is 6.92 Å². The van der Waals surface area contributed by atoms with Crippen LogP contribution in [0.1, 0.15) is 36.5 Å². The van der Waals surface area contributed by atoms with Crippen molar-refractivity contribution in [3.05, 3.63) is 34.9 Å². The number of rotatable bonds is 3. The van der Waals surface area contributed by atoms with Gasteiger partial charge in [-0.1, -0.05) is 25.1 Å². The van der Waals surface area contributed by atoms with Gasteiger partial charge >= 0.3 is 0 Å². The number of nitrogens with zero attached hydrogens (tertiary/aromatic N) is 1. The second-order valence-corrected chi connectivity index (χ2v) is 4.05. The highest BCUT2D eigenvalue weighted by atomic mass is 16.3. The molecule has 90 valence electrons. The molecule has 4 nitrogen and oxygen atoms in total. The maximum absolute atomic E-state index is 11.1. The molecule has 2 N–H and O–H groups in total. The summed E-state index contributed by atoms with van der Waals surface area (Å²) in [7, 11) is 0. The van der Waals surface area contributed by atoms with Crippen molar-refractivity contribution < 1.29 is 9.90 Å². The average molecular weight is 232 g/mol. The number of amides is 1. The van der Waals surface area contributed by atoms with Gasteiger partial charge in [-0.05, 0) is 24.0 Å². The number of nitrogens with one attached hydrogen (secondary N) is 1. The molecule has 1 amide bonds. The Bertz CT molecular complexity index is 466. The molecular weight excluding hydrogens is 216 g/mol. The van der Waals surface area contributed by atoms with Gasteiger partial charge in [0.2, 0.25) is 5.91 Å². The normalized spacial score (nSPS) is 16.0. The summed E-state index contributed by atoms with van der Waals surface area (Å²) >= 11 is 0. The first-order valence-electron chi connectivity index (χ1n) is 5.83. The van der Waals surface area contributed by atoms with E-state index in [0.717, 1.165) is 35.2 Å². The van der Waals surface area contributed by atoms with Gasteiger partial charge in [-0.15, -0.1) is 0 Å². The van der Waals surface area contributed by atoms with Gasteiger partial charge in [-0.3, -0.25) is 4.79 Å². The van der Waals surface area contributed by atoms with Crippen LogP contribution < -0.4 is 5.43 Å². The average Bonchev–Trinajstić information content (AvgIpc) is 2.78. The van der Waals surface area contributed by atoms with Crippen molar-refractivity contribution in [3.8, 4) is 0 Å². The number of hydrogen-bond donors (Lipinski definition) is 2. The fourth-order valence-corrected chi connectivity index (χ4v) is 2.05. The van der Waals surface area contributed by atoms with Crippen LogP contribution >= 0.6 is 0 Å². The highest BCUT2D eigenvalue weighted by Gasteiger charge is 2.20. The minimum absolute atomic E-state index is 0.0533. The first kappa shape index (κ1) is 11.8. The SMILES string of the molecule is CCC(=O)NN=C1CCc2c(CO)cccc21. The molecule has 0 saturated heterocycles. The Morgan fingerprint density at radius 2 is 2.29 bits per heavy atom. The molecule has 0 bridgehead atoms. The van der Waals surface area contributed by atoms with Crippen LogP contribution in [0.15, 0.2) is 23.3 Å². The van der Waals surface area contributed by atoms with Crippen LogP contribution in [0.4, 0.5) is 0 Å². The van der Waals surface area contributed by atoms with Gasteiger partial charge in [0, 0.05) is 12.0 Å². The van der Waals surface area contributed by atoms with Gasteiger partial charge in [-0.2, -0.15) is 5.10 Å². The van der Waals surface area contributed by atoms with E-state index >= 15 is 0 Å². The summed E-state index contributed by atoms with van der Waals surface area (Å²) in [5.74, 6) is -0.0794. The zero-order valence-corrected chi connectivity index (χ0v) is 9.86. The van der Waals surface area contributed by atoms with E-state index in [0.29, 0.717) is 6.42 Å². The van der Waals surface area contributed by atoms with Crippen LogP contribution in [0.3, 0.4) is 0 Å². The fraction of sp³-hybridized carbons (Fsp3) is 0.385. The predicted octanol–water partition coefficient (Wildman–Crippen LogP) is 1.36. The van der Waals surface area contributed by atoms with Crippen LogP contribution in [0.25, 0.3) is 0 Å². The van der Waals surface area contributed by atoms with E-state index in [1.807, 2.05) is 18.2 Å². The summed E-state index contributed by atoms with van der Waals surface area (Å²) in [6.07, 6.45) is 2.13. The minimum atomic E-state index is -0.0794. The second kappa shape index (κ2) is 5.10. The monoisotopic (exact) mass is 232 g/mol. The Morgan fingerprint density at radius 1 is 1.47 bits per heavy atom. The highest BCUT2D eigenvalue weighted by molar-refractivity contribution is 6.05. The van der Waals surface area contributed by atoms with Crippen molar-refractivity contribution in [2.75, 3.05) is 0 Å². The number of aliphatic hydroxyl groups is 1. The molecule has 0 aromatic heterocycles. The number of carbonyl (C=O) groups excluding carboxylic acids is 1. The largest absolute Gasteiger partial charge is 0.392 e. The first-order chi connectivity index (χ1) is 8.26. The zero-order chi connectivity index (χ0) is 12.3. The van der Waals surface area contributed by atoms with Crippen LogP contribution in [-0.2, 0) is 17.8 Å². The van der Waals surface area contributed by atoms with Crippen molar-refractivity contribution in [1.82, 2.24) is 5.43 Å². The number of fused-ring (bicyclic) bond motifs is 1. The molecule has 0 heterocycles. The Morgan fingerprint density at radius 3 is 3.00 bits per heavy atom. The highest BCUT2D eigenvalue weighted by Crippen LogP contribution is 2.25. The van der Waals surface area contributed by atoms with Crippen molar-refractivity contribution in [2.24, 2.45) is 5.10 Å². The van der Waals surface area contributed by atoms with Crippen molar-refractivity contribution >= 4 is 11.6 Å². The maximum Gasteiger partial charge on any atom is 0.239 e. The standard InChI is InChI=1S/C13H16N2O2/c1-2-13(17)15-14-12-7-6-10-9(8-16)4-3-5-11(10)12/h3-5,16H,2,6-8H2,1H3,(H,15,17). The lowest BCUT2D eigenvalue weighted by molar-refractivity contribution is -0.120. The van der Waals surface area contributed by atoms with E-state index in [-0.39, 0.29) is 12.5 Å². The third-order valence-corrected chi connectivity index (χ3v) is 3.00. The summed E-state index contributed by atoms with van der Waals surface area (Å²) in [6, 6.07) is 5.82. The lowest BCUT2D eigenvalue weighted by Gasteiger charge is -2.05. The Labute approximate surface area is 100 Å². The Hall–Kier alpha value is -1.68. The molecule has 1 aromatic carbocycles. The molecule has 0 radical (unpaired) electrons. The Kier molecular flexibility index (Phi) is 3.54. The topological polar surface area (TPSA) is 61.7 Å². The van der Waals surface area contributed by atoms with Gasteiger partial charge < -0.3 is 5.11 Å². The zero-order valence-electron chi connectivity index (χ0n) is 9.86. The number of hydrazone groups is 1. The number of hydrogen-bond acceptors (Lipinski definition) is 3. The van der Waals surface area contributed by atoms with E-state index in [4.69, 9.17) is 0 Å². The molecule has 0 fully saturated rings. The third kappa shape index (κ3) is 2.36. The fourth-order valence-electron chi connectivity index (χ4n) is 2.05. The minimum Gasteiger partial charge on any atom is -0.392 e. The smallest absolute Gasteiger partial charge is 0.239 e. The maximum atomic E-state index is 11.1. The summed E-state index contributed by atoms with van der Waals surface area (Å²) in [5.41, 5.74) is 6.59. The predicted molar refractivity (Wildman–Crippen MR) is 65.7 cm³/mol. The number of aliphatic hydroxyl groups excluding tert-OH is 1. The van der Waals surface area contributed by atoms with Crippen LogP contribution in [-0.4, -0.2) is 16.7 Å². The molecule has 0 atom stereocenters. The van der Waals surface area contributed by atoms with E-state index in [9.17, 15) is 9.90 Å². The lowest BCUT2D eigenvalue weighted by atomic mass is 10.0. The summed E-state index contributed by atoms with van der Waals surface area (Å²) in [5, 5.41) is 13.4. The summed E-state index contributed by atoms with van der Waals surface area (Å²) in [4.78, 5) is 11.1. The second-order valence-electron chi connectivity index (χ2n) is 4.05. The third-order valence-electron chi connectivity index (χ3n) is 3.00. The van der Waals surface area contributed by atoms with Gasteiger partial charge in [0.15, 0.2) is 0 Å². The summed E-state index contributed by atoms with van der Waals surface area (Å²) < 4.78 is 0. The van der Waals surface area contributed by atoms with Gasteiger partial charge in [-0.25, -0.2) is 5.43 Å². The molecule has 0 unspecified atom stereocenters. The molecule has 1 aromatic rings. The van der Waals surface area contributed by atoms with Crippen molar-refractivity contribution in [2.45, 2.75) is 32.8 Å². The van der Waals surface area contributed by atoms with Gasteiger partial charge in [0.1, 0.15) is 0 Å². The number of benzene rings is 1. The van der Waals surface area contributed by atoms with E-state index < -0.39 is 0 Å². The summed E-state index contributed by atoms with van der Waals surface area (Å²) in [6.45, 7) is 1.85. The van der Waals surface area contributed by atoms with Crippen LogP contribution in [0.5, 0.6) is 0 Å². The Balaban J connectivity index is 2.25. The molecule has 0 aliphatic heterocycles. The van der Waals surface area contributed by atoms with Gasteiger partial charge in [0.05, 0.1) is 12.3 Å². The lowest BCUT2D eigenvalue weighted by Crippen LogP contribution is -2.17. The molecule has 4 heteroatoms. The van der Waals surface area contributed by atoms with Crippen molar-refractivity contribution in [1.29, 1.82) is 0 Å². The van der Waals surface area contributed by atoms with E-state index in [1.165, 1.54) is 0 Å². The first-order valence-corrected chi connectivity index (χ1v) is 5.83. The molecule has 1 aliphatic carbocycles. The van der Waals surface area contributed by atoms with Crippen molar-refractivity contribution in [3.63, 3.8) is 0 Å². The quantitative estimate of drug-likeness (QED) is 0.773. The molecular formula is C13H16N2O2. The molecule has 0 spiro atoms. The molecule has 2 rings (SSSR count). The molecule has 1 aliphatic rings.